The number of carboxylic acid groups (broad SMARTS) is 1. The van der Waals surface area contributed by atoms with Crippen molar-refractivity contribution in [3.05, 3.63) is 47.5 Å². The summed E-state index contributed by atoms with van der Waals surface area (Å²) < 4.78 is 4.99. The molecule has 0 aliphatic carbocycles. The molecule has 0 aromatic heterocycles. The molecule has 0 bridgehead atoms. The minimum Gasteiger partial charge on any atom is -0.507 e. The predicted molar refractivity (Wildman–Crippen MR) is 75.3 cm³/mol. The van der Waals surface area contributed by atoms with Gasteiger partial charge in [0.1, 0.15) is 22.6 Å². The Hall–Kier alpha value is -3.22. The van der Waals surface area contributed by atoms with Crippen molar-refractivity contribution in [2.45, 2.75) is 0 Å². The molecular formula is C14H12N2O5. The Morgan fingerprint density at radius 1 is 0.952 bits per heavy atom. The van der Waals surface area contributed by atoms with E-state index in [2.05, 4.69) is 0 Å². The van der Waals surface area contributed by atoms with Gasteiger partial charge in [-0.05, 0) is 30.3 Å². The van der Waals surface area contributed by atoms with Crippen LogP contribution in [0.3, 0.4) is 0 Å². The van der Waals surface area contributed by atoms with Crippen LogP contribution in [-0.2, 0) is 0 Å². The highest BCUT2D eigenvalue weighted by molar-refractivity contribution is 5.97. The first-order valence-electron chi connectivity index (χ1n) is 5.82. The maximum Gasteiger partial charge on any atom is 0.347 e. The maximum absolute atomic E-state index is 12.0. The quantitative estimate of drug-likeness (QED) is 0.381. The number of phenols is 1. The van der Waals surface area contributed by atoms with Crippen molar-refractivity contribution in [1.29, 1.82) is 0 Å². The maximum atomic E-state index is 12.0. The summed E-state index contributed by atoms with van der Waals surface area (Å²) in [5.41, 5.74) is 11.1. The van der Waals surface area contributed by atoms with E-state index in [4.69, 9.17) is 21.3 Å². The molecule has 0 saturated carbocycles. The number of nitrogen functional groups attached to an aromatic ring is 2. The first-order valence-corrected chi connectivity index (χ1v) is 5.82. The van der Waals surface area contributed by atoms with E-state index in [0.717, 1.165) is 0 Å². The number of hydrogen-bond donors (Lipinski definition) is 4. The second-order valence-electron chi connectivity index (χ2n) is 4.23. The van der Waals surface area contributed by atoms with Crippen LogP contribution >= 0.6 is 0 Å². The second kappa shape index (κ2) is 5.41. The van der Waals surface area contributed by atoms with Gasteiger partial charge in [-0.1, -0.05) is 0 Å². The standard InChI is InChI=1S/C14H12N2O5/c15-7-2-4-12(10(5-7)13(18)19)21-14(20)9-3-1-8(16)6-11(9)17/h1-6,17H,15-16H2,(H,18,19). The van der Waals surface area contributed by atoms with Crippen molar-refractivity contribution < 1.29 is 24.5 Å². The molecule has 0 saturated heterocycles. The van der Waals surface area contributed by atoms with Crippen molar-refractivity contribution >= 4 is 23.3 Å². The zero-order valence-corrected chi connectivity index (χ0v) is 10.7. The minimum atomic E-state index is -1.29. The van der Waals surface area contributed by atoms with E-state index >= 15 is 0 Å². The Bertz CT molecular complexity index is 727. The highest BCUT2D eigenvalue weighted by atomic mass is 16.5. The van der Waals surface area contributed by atoms with Gasteiger partial charge in [-0.2, -0.15) is 0 Å². The van der Waals surface area contributed by atoms with Gasteiger partial charge in [0.05, 0.1) is 0 Å². The van der Waals surface area contributed by atoms with Gasteiger partial charge >= 0.3 is 11.9 Å². The summed E-state index contributed by atoms with van der Waals surface area (Å²) in [5.74, 6) is -2.71. The van der Waals surface area contributed by atoms with E-state index in [-0.39, 0.29) is 34.0 Å². The first-order chi connectivity index (χ1) is 9.88. The largest absolute Gasteiger partial charge is 0.507 e. The first kappa shape index (κ1) is 14.2. The Labute approximate surface area is 119 Å². The summed E-state index contributed by atoms with van der Waals surface area (Å²) in [5, 5.41) is 18.7. The number of carbonyl (C=O) groups is 2. The van der Waals surface area contributed by atoms with Crippen molar-refractivity contribution in [2.75, 3.05) is 11.5 Å². The van der Waals surface area contributed by atoms with Gasteiger partial charge in [0.25, 0.3) is 0 Å². The third-order valence-corrected chi connectivity index (χ3v) is 2.68. The Balaban J connectivity index is 2.34. The van der Waals surface area contributed by atoms with Crippen LogP contribution in [0.4, 0.5) is 11.4 Å². The number of hydrogen-bond acceptors (Lipinski definition) is 6. The lowest BCUT2D eigenvalue weighted by atomic mass is 10.1. The molecular weight excluding hydrogens is 276 g/mol. The number of esters is 1. The number of phenolic OH excluding ortho intramolecular Hbond substituents is 1. The molecule has 0 fully saturated rings. The number of anilines is 2. The van der Waals surface area contributed by atoms with E-state index in [9.17, 15) is 14.7 Å². The molecule has 0 atom stereocenters. The second-order valence-corrected chi connectivity index (χ2v) is 4.23. The van der Waals surface area contributed by atoms with E-state index in [0.29, 0.717) is 0 Å². The third kappa shape index (κ3) is 3.03. The molecule has 0 radical (unpaired) electrons. The van der Waals surface area contributed by atoms with Gasteiger partial charge in [0.2, 0.25) is 0 Å². The van der Waals surface area contributed by atoms with Gasteiger partial charge in [-0.25, -0.2) is 9.59 Å². The van der Waals surface area contributed by atoms with Crippen LogP contribution in [0.1, 0.15) is 20.7 Å². The van der Waals surface area contributed by atoms with Crippen molar-refractivity contribution in [1.82, 2.24) is 0 Å². The van der Waals surface area contributed by atoms with E-state index in [1.54, 1.807) is 0 Å². The van der Waals surface area contributed by atoms with Crippen LogP contribution in [0.2, 0.25) is 0 Å². The number of aromatic carboxylic acids is 1. The summed E-state index contributed by atoms with van der Waals surface area (Å²) in [4.78, 5) is 23.0. The fourth-order valence-corrected chi connectivity index (χ4v) is 1.68. The van der Waals surface area contributed by atoms with Crippen molar-refractivity contribution in [3.8, 4) is 11.5 Å². The molecule has 7 heteroatoms. The Morgan fingerprint density at radius 2 is 1.57 bits per heavy atom. The van der Waals surface area contributed by atoms with E-state index in [1.165, 1.54) is 36.4 Å². The average molecular weight is 288 g/mol. The van der Waals surface area contributed by atoms with Crippen LogP contribution in [-0.4, -0.2) is 22.2 Å². The van der Waals surface area contributed by atoms with E-state index in [1.807, 2.05) is 0 Å². The minimum absolute atomic E-state index is 0.127. The highest BCUT2D eigenvalue weighted by Gasteiger charge is 2.18. The normalized spacial score (nSPS) is 10.1. The monoisotopic (exact) mass is 288 g/mol. The van der Waals surface area contributed by atoms with Crippen LogP contribution in [0.25, 0.3) is 0 Å². The zero-order chi connectivity index (χ0) is 15.6. The molecule has 2 rings (SSSR count). The fourth-order valence-electron chi connectivity index (χ4n) is 1.68. The zero-order valence-electron chi connectivity index (χ0n) is 10.7. The van der Waals surface area contributed by atoms with Gasteiger partial charge in [0, 0.05) is 17.4 Å². The molecule has 6 N–H and O–H groups in total. The molecule has 108 valence electrons. The number of nitrogens with two attached hydrogens (primary N) is 2. The fraction of sp³-hybridized carbons (Fsp3) is 0. The lowest BCUT2D eigenvalue weighted by Gasteiger charge is -2.09. The lowest BCUT2D eigenvalue weighted by Crippen LogP contribution is -2.12. The Morgan fingerprint density at radius 3 is 2.19 bits per heavy atom. The topological polar surface area (TPSA) is 136 Å². The number of rotatable bonds is 3. The molecule has 0 aliphatic rings. The van der Waals surface area contributed by atoms with Gasteiger partial charge in [-0.3, -0.25) is 0 Å². The number of benzene rings is 2. The summed E-state index contributed by atoms with van der Waals surface area (Å²) in [6.45, 7) is 0. The molecule has 2 aromatic carbocycles. The van der Waals surface area contributed by atoms with Crippen LogP contribution in [0.5, 0.6) is 11.5 Å². The molecule has 0 unspecified atom stereocenters. The smallest absolute Gasteiger partial charge is 0.347 e. The number of carboxylic acids is 1. The summed E-state index contributed by atoms with van der Waals surface area (Å²) in [6.07, 6.45) is 0. The molecule has 2 aromatic rings. The van der Waals surface area contributed by atoms with E-state index < -0.39 is 11.9 Å². The number of aromatic hydroxyl groups is 1. The van der Waals surface area contributed by atoms with Crippen molar-refractivity contribution in [2.24, 2.45) is 0 Å². The van der Waals surface area contributed by atoms with Gasteiger partial charge in [-0.15, -0.1) is 0 Å². The Kier molecular flexibility index (Phi) is 3.66. The molecule has 7 nitrogen and oxygen atoms in total. The highest BCUT2D eigenvalue weighted by Crippen LogP contribution is 2.25. The van der Waals surface area contributed by atoms with Crippen LogP contribution < -0.4 is 16.2 Å². The third-order valence-electron chi connectivity index (χ3n) is 2.68. The average Bonchev–Trinajstić information content (AvgIpc) is 2.40. The molecule has 0 heterocycles. The van der Waals surface area contributed by atoms with Crippen LogP contribution in [0, 0.1) is 0 Å². The van der Waals surface area contributed by atoms with Crippen molar-refractivity contribution in [3.63, 3.8) is 0 Å². The van der Waals surface area contributed by atoms with Gasteiger partial charge in [0.15, 0.2) is 0 Å². The predicted octanol–water partition coefficient (Wildman–Crippen LogP) is 1.47. The molecule has 21 heavy (non-hydrogen) atoms. The number of ether oxygens (including phenoxy) is 1. The molecule has 0 aliphatic heterocycles. The summed E-state index contributed by atoms with van der Waals surface area (Å²) in [7, 11) is 0. The SMILES string of the molecule is Nc1ccc(C(=O)Oc2ccc(N)cc2C(=O)O)c(O)c1. The molecule has 0 spiro atoms. The van der Waals surface area contributed by atoms with Gasteiger partial charge < -0.3 is 26.4 Å². The lowest BCUT2D eigenvalue weighted by molar-refractivity contribution is 0.0681. The summed E-state index contributed by atoms with van der Waals surface area (Å²) in [6, 6.07) is 7.73. The summed E-state index contributed by atoms with van der Waals surface area (Å²) >= 11 is 0. The molecule has 0 amide bonds. The number of carbonyl (C=O) groups excluding carboxylic acids is 1. The van der Waals surface area contributed by atoms with Crippen LogP contribution in [0.15, 0.2) is 36.4 Å².